The van der Waals surface area contributed by atoms with E-state index in [9.17, 15) is 19.8 Å². The van der Waals surface area contributed by atoms with Gasteiger partial charge in [0.2, 0.25) is 5.91 Å². The van der Waals surface area contributed by atoms with Crippen LogP contribution in [0.1, 0.15) is 297 Å². The van der Waals surface area contributed by atoms with Gasteiger partial charge >= 0.3 is 5.97 Å². The number of carbonyl (C=O) groups excluding carboxylic acids is 2. The number of carbonyl (C=O) groups is 2. The second-order valence-electron chi connectivity index (χ2n) is 20.1. The van der Waals surface area contributed by atoms with Crippen LogP contribution in [0.15, 0.2) is 60.8 Å². The lowest BCUT2D eigenvalue weighted by Crippen LogP contribution is -2.46. The fourth-order valence-electron chi connectivity index (χ4n) is 8.89. The number of unbranched alkanes of at least 4 members (excludes halogenated alkanes) is 34. The second kappa shape index (κ2) is 55.5. The number of nitrogens with one attached hydrogen (secondary N) is 1. The van der Waals surface area contributed by atoms with Crippen molar-refractivity contribution in [3.05, 3.63) is 60.8 Å². The van der Waals surface area contributed by atoms with E-state index in [4.69, 9.17) is 4.74 Å². The zero-order valence-corrected chi connectivity index (χ0v) is 45.2. The third-order valence-electron chi connectivity index (χ3n) is 13.4. The molecule has 3 unspecified atom stereocenters. The molecular weight excluding hydrogens is 839 g/mol. The summed E-state index contributed by atoms with van der Waals surface area (Å²) >= 11 is 0. The monoisotopic (exact) mass is 952 g/mol. The Kier molecular flexibility index (Phi) is 53.5. The number of hydrogen-bond acceptors (Lipinski definition) is 5. The summed E-state index contributed by atoms with van der Waals surface area (Å²) in [6.07, 6.45) is 70.0. The van der Waals surface area contributed by atoms with E-state index in [0.29, 0.717) is 19.3 Å². The molecule has 3 N–H and O–H groups in total. The second-order valence-corrected chi connectivity index (χ2v) is 20.1. The van der Waals surface area contributed by atoms with Gasteiger partial charge in [0.15, 0.2) is 0 Å². The molecule has 0 spiro atoms. The van der Waals surface area contributed by atoms with Crippen LogP contribution in [0, 0.1) is 0 Å². The van der Waals surface area contributed by atoms with Crippen LogP contribution >= 0.6 is 0 Å². The third-order valence-corrected chi connectivity index (χ3v) is 13.4. The van der Waals surface area contributed by atoms with Crippen molar-refractivity contribution >= 4 is 11.9 Å². The molecule has 0 heterocycles. The number of allylic oxidation sites excluding steroid dienone is 10. The van der Waals surface area contributed by atoms with Crippen molar-refractivity contribution in [2.75, 3.05) is 6.61 Å². The number of ether oxygens (including phenoxy) is 1. The Morgan fingerprint density at radius 2 is 0.750 bits per heavy atom. The molecule has 0 aliphatic heterocycles. The highest BCUT2D eigenvalue weighted by Gasteiger charge is 2.24. The molecule has 0 aliphatic rings. The quantitative estimate of drug-likeness (QED) is 0.0321. The molecule has 0 saturated carbocycles. The molecule has 0 rings (SSSR count). The molecule has 3 atom stereocenters. The maximum atomic E-state index is 13.3. The lowest BCUT2D eigenvalue weighted by Gasteiger charge is -2.24. The standard InChI is InChI=1S/C62H113NO5/c1-4-7-10-13-16-19-22-25-28-30-31-34-37-40-43-46-49-52-55-62(67)68-58(53-50-47-44-41-38-35-33-29-26-23-20-17-14-11-8-5-2)56-61(66)63-59(57-64)60(65)54-51-48-45-42-39-36-32-27-24-21-18-15-12-9-6-3/h23,26,28-31,33-35,38,58-60,64-65H,4-22,24-25,27,32,36-37,39-57H2,1-3H3,(H,63,66)/b26-23+,30-28+,33-29+,34-31+,38-35+. The molecule has 0 aliphatic carbocycles. The number of aliphatic hydroxyl groups is 2. The van der Waals surface area contributed by atoms with Crippen molar-refractivity contribution in [3.63, 3.8) is 0 Å². The van der Waals surface area contributed by atoms with Crippen molar-refractivity contribution in [1.82, 2.24) is 5.32 Å². The predicted octanol–water partition coefficient (Wildman–Crippen LogP) is 18.4. The summed E-state index contributed by atoms with van der Waals surface area (Å²) in [5, 5.41) is 23.9. The Morgan fingerprint density at radius 1 is 0.426 bits per heavy atom. The minimum absolute atomic E-state index is 0.0483. The summed E-state index contributed by atoms with van der Waals surface area (Å²) < 4.78 is 5.94. The predicted molar refractivity (Wildman–Crippen MR) is 296 cm³/mol. The van der Waals surface area contributed by atoms with E-state index in [0.717, 1.165) is 89.9 Å². The van der Waals surface area contributed by atoms with E-state index in [2.05, 4.69) is 86.8 Å². The van der Waals surface area contributed by atoms with Crippen LogP contribution in [0.2, 0.25) is 0 Å². The van der Waals surface area contributed by atoms with Crippen molar-refractivity contribution in [2.24, 2.45) is 0 Å². The first-order valence-corrected chi connectivity index (χ1v) is 29.6. The molecule has 0 aromatic heterocycles. The minimum atomic E-state index is -0.802. The number of aliphatic hydroxyl groups excluding tert-OH is 2. The van der Waals surface area contributed by atoms with E-state index in [1.165, 1.54) is 161 Å². The maximum absolute atomic E-state index is 13.3. The van der Waals surface area contributed by atoms with Crippen molar-refractivity contribution in [2.45, 2.75) is 315 Å². The molecule has 396 valence electrons. The average molecular weight is 953 g/mol. The largest absolute Gasteiger partial charge is 0.462 e. The minimum Gasteiger partial charge on any atom is -0.462 e. The fourth-order valence-corrected chi connectivity index (χ4v) is 8.89. The maximum Gasteiger partial charge on any atom is 0.306 e. The first kappa shape index (κ1) is 65.6. The van der Waals surface area contributed by atoms with Crippen LogP contribution in [-0.2, 0) is 14.3 Å². The summed E-state index contributed by atoms with van der Waals surface area (Å²) in [5.74, 6) is -0.517. The van der Waals surface area contributed by atoms with Gasteiger partial charge in [-0.2, -0.15) is 0 Å². The highest BCUT2D eigenvalue weighted by atomic mass is 16.5. The Hall–Kier alpha value is -2.44. The van der Waals surface area contributed by atoms with E-state index in [1.807, 2.05) is 0 Å². The van der Waals surface area contributed by atoms with Crippen LogP contribution in [0.4, 0.5) is 0 Å². The summed E-state index contributed by atoms with van der Waals surface area (Å²) in [4.78, 5) is 26.3. The van der Waals surface area contributed by atoms with Crippen LogP contribution in [0.3, 0.4) is 0 Å². The highest BCUT2D eigenvalue weighted by Crippen LogP contribution is 2.18. The first-order valence-electron chi connectivity index (χ1n) is 29.6. The Labute approximate surface area is 422 Å². The van der Waals surface area contributed by atoms with Gasteiger partial charge in [-0.1, -0.05) is 268 Å². The molecule has 0 aromatic rings. The van der Waals surface area contributed by atoms with Crippen molar-refractivity contribution < 1.29 is 24.5 Å². The summed E-state index contributed by atoms with van der Waals surface area (Å²) in [7, 11) is 0. The van der Waals surface area contributed by atoms with Gasteiger partial charge in [-0.3, -0.25) is 9.59 Å². The number of amides is 1. The Morgan fingerprint density at radius 3 is 1.15 bits per heavy atom. The van der Waals surface area contributed by atoms with Gasteiger partial charge in [-0.25, -0.2) is 0 Å². The summed E-state index contributed by atoms with van der Waals surface area (Å²) in [5.41, 5.74) is 0. The molecule has 0 saturated heterocycles. The lowest BCUT2D eigenvalue weighted by atomic mass is 10.0. The molecule has 1 amide bonds. The smallest absolute Gasteiger partial charge is 0.306 e. The molecule has 6 heteroatoms. The van der Waals surface area contributed by atoms with E-state index >= 15 is 0 Å². The molecular formula is C62H113NO5. The van der Waals surface area contributed by atoms with Gasteiger partial charge in [-0.05, 0) is 77.0 Å². The lowest BCUT2D eigenvalue weighted by molar-refractivity contribution is -0.151. The van der Waals surface area contributed by atoms with Gasteiger partial charge in [0.05, 0.1) is 25.2 Å². The Balaban J connectivity index is 4.64. The van der Waals surface area contributed by atoms with Gasteiger partial charge in [0.1, 0.15) is 6.10 Å². The first-order chi connectivity index (χ1) is 33.5. The summed E-state index contributed by atoms with van der Waals surface area (Å²) in [6.45, 7) is 6.48. The van der Waals surface area contributed by atoms with Gasteiger partial charge in [0.25, 0.3) is 0 Å². The molecule has 0 fully saturated rings. The number of rotatable bonds is 53. The van der Waals surface area contributed by atoms with E-state index < -0.39 is 18.2 Å². The number of esters is 1. The topological polar surface area (TPSA) is 95.9 Å². The molecule has 0 aromatic carbocycles. The summed E-state index contributed by atoms with van der Waals surface area (Å²) in [6, 6.07) is -0.718. The third kappa shape index (κ3) is 50.0. The number of hydrogen-bond donors (Lipinski definition) is 3. The molecule has 6 nitrogen and oxygen atoms in total. The molecule has 0 bridgehead atoms. The van der Waals surface area contributed by atoms with Crippen LogP contribution < -0.4 is 5.32 Å². The van der Waals surface area contributed by atoms with Crippen LogP contribution in [0.25, 0.3) is 0 Å². The molecule has 68 heavy (non-hydrogen) atoms. The van der Waals surface area contributed by atoms with Crippen LogP contribution in [-0.4, -0.2) is 46.9 Å². The van der Waals surface area contributed by atoms with Crippen molar-refractivity contribution in [3.8, 4) is 0 Å². The SMILES string of the molecule is CCCCCCC/C=C/C=C/C=C/CCCCCC(CC(=O)NC(CO)C(O)CCCCCCCCCCCCCCCCC)OC(=O)CCCCCCC/C=C/C=C/CCCCCCCCC. The normalized spacial score (nSPS) is 13.5. The molecule has 0 radical (unpaired) electrons. The van der Waals surface area contributed by atoms with Gasteiger partial charge in [-0.15, -0.1) is 0 Å². The van der Waals surface area contributed by atoms with Gasteiger partial charge < -0.3 is 20.3 Å². The van der Waals surface area contributed by atoms with Gasteiger partial charge in [0, 0.05) is 6.42 Å². The fraction of sp³-hybridized carbons (Fsp3) is 0.806. The van der Waals surface area contributed by atoms with Crippen LogP contribution in [0.5, 0.6) is 0 Å². The average Bonchev–Trinajstić information content (AvgIpc) is 3.33. The zero-order valence-electron chi connectivity index (χ0n) is 45.2. The van der Waals surface area contributed by atoms with E-state index in [1.54, 1.807) is 0 Å². The Bertz CT molecular complexity index is 1210. The van der Waals surface area contributed by atoms with Crippen molar-refractivity contribution in [1.29, 1.82) is 0 Å². The highest BCUT2D eigenvalue weighted by molar-refractivity contribution is 5.77. The zero-order chi connectivity index (χ0) is 49.5. The van der Waals surface area contributed by atoms with E-state index in [-0.39, 0.29) is 24.9 Å².